The van der Waals surface area contributed by atoms with Gasteiger partial charge in [0.1, 0.15) is 0 Å². The Bertz CT molecular complexity index is 623. The Balaban J connectivity index is 1.89. The molecule has 5 heteroatoms. The molecule has 5 nitrogen and oxygen atoms in total. The maximum absolute atomic E-state index is 5.43. The Morgan fingerprint density at radius 3 is 2.59 bits per heavy atom. The fourth-order valence-corrected chi connectivity index (χ4v) is 2.71. The van der Waals surface area contributed by atoms with Gasteiger partial charge in [-0.15, -0.1) is 10.2 Å². The Kier molecular flexibility index (Phi) is 4.73. The largest absolute Gasteiger partial charge is 0.378 e. The number of nitrogens with zero attached hydrogens (tertiary/aromatic N) is 3. The molecule has 0 amide bonds. The highest BCUT2D eigenvalue weighted by Gasteiger charge is 2.17. The van der Waals surface area contributed by atoms with Gasteiger partial charge in [-0.05, 0) is 12.3 Å². The first-order valence-corrected chi connectivity index (χ1v) is 8.07. The predicted molar refractivity (Wildman–Crippen MR) is 90.5 cm³/mol. The van der Waals surface area contributed by atoms with Crippen molar-refractivity contribution in [3.63, 3.8) is 0 Å². The van der Waals surface area contributed by atoms with Crippen molar-refractivity contribution in [3.8, 4) is 0 Å². The average molecular weight is 300 g/mol. The summed E-state index contributed by atoms with van der Waals surface area (Å²) in [4.78, 5) is 2.26. The Hall–Kier alpha value is -1.88. The van der Waals surface area contributed by atoms with Gasteiger partial charge in [0.05, 0.1) is 13.2 Å². The van der Waals surface area contributed by atoms with Crippen LogP contribution in [0, 0.1) is 5.92 Å². The molecule has 0 saturated carbocycles. The second-order valence-corrected chi connectivity index (χ2v) is 6.13. The zero-order valence-electron chi connectivity index (χ0n) is 13.4. The molecule has 0 bridgehead atoms. The molecule has 118 valence electrons. The van der Waals surface area contributed by atoms with Crippen molar-refractivity contribution in [2.45, 2.75) is 20.3 Å². The number of aromatic nitrogens is 2. The number of anilines is 2. The second kappa shape index (κ2) is 6.92. The number of ether oxygens (including phenoxy) is 1. The van der Waals surface area contributed by atoms with Crippen LogP contribution >= 0.6 is 0 Å². The first kappa shape index (κ1) is 15.0. The van der Waals surface area contributed by atoms with Gasteiger partial charge in [0.25, 0.3) is 0 Å². The minimum Gasteiger partial charge on any atom is -0.378 e. The molecule has 1 N–H and O–H groups in total. The van der Waals surface area contributed by atoms with Crippen LogP contribution in [0.2, 0.25) is 0 Å². The van der Waals surface area contributed by atoms with E-state index in [-0.39, 0.29) is 0 Å². The molecule has 0 spiro atoms. The average Bonchev–Trinajstić information content (AvgIpc) is 2.55. The third-order valence-electron chi connectivity index (χ3n) is 3.99. The van der Waals surface area contributed by atoms with Crippen molar-refractivity contribution < 1.29 is 4.74 Å². The van der Waals surface area contributed by atoms with E-state index >= 15 is 0 Å². The summed E-state index contributed by atoms with van der Waals surface area (Å²) in [5.74, 6) is 2.53. The van der Waals surface area contributed by atoms with E-state index in [0.717, 1.165) is 61.7 Å². The second-order valence-electron chi connectivity index (χ2n) is 6.13. The van der Waals surface area contributed by atoms with E-state index < -0.39 is 0 Å². The molecule has 0 unspecified atom stereocenters. The van der Waals surface area contributed by atoms with E-state index in [9.17, 15) is 0 Å². The van der Waals surface area contributed by atoms with Crippen molar-refractivity contribution in [1.82, 2.24) is 10.2 Å². The molecule has 1 aromatic heterocycles. The maximum Gasteiger partial charge on any atom is 0.159 e. The number of hydrogen-bond donors (Lipinski definition) is 1. The van der Waals surface area contributed by atoms with E-state index in [1.54, 1.807) is 0 Å². The first-order chi connectivity index (χ1) is 10.8. The Morgan fingerprint density at radius 2 is 1.86 bits per heavy atom. The topological polar surface area (TPSA) is 50.3 Å². The van der Waals surface area contributed by atoms with Crippen LogP contribution in [0.15, 0.2) is 24.3 Å². The van der Waals surface area contributed by atoms with Crippen LogP contribution < -0.4 is 10.2 Å². The van der Waals surface area contributed by atoms with Gasteiger partial charge in [-0.3, -0.25) is 0 Å². The summed E-state index contributed by atoms with van der Waals surface area (Å²) < 4.78 is 5.43. The normalized spacial score (nSPS) is 15.5. The number of benzene rings is 1. The predicted octanol–water partition coefficient (Wildman–Crippen LogP) is 2.92. The van der Waals surface area contributed by atoms with Gasteiger partial charge in [0, 0.05) is 30.4 Å². The molecule has 2 aromatic rings. The third kappa shape index (κ3) is 3.30. The lowest BCUT2D eigenvalue weighted by Crippen LogP contribution is -2.37. The number of nitrogens with one attached hydrogen (secondary N) is 1. The Labute approximate surface area is 131 Å². The molecule has 0 atom stereocenters. The van der Waals surface area contributed by atoms with Crippen LogP contribution in [0.3, 0.4) is 0 Å². The van der Waals surface area contributed by atoms with Gasteiger partial charge < -0.3 is 15.0 Å². The van der Waals surface area contributed by atoms with Crippen LogP contribution in [0.4, 0.5) is 11.6 Å². The fraction of sp³-hybridized carbons (Fsp3) is 0.529. The van der Waals surface area contributed by atoms with Gasteiger partial charge in [-0.2, -0.15) is 0 Å². The zero-order valence-corrected chi connectivity index (χ0v) is 13.4. The summed E-state index contributed by atoms with van der Waals surface area (Å²) >= 11 is 0. The minimum absolute atomic E-state index is 0.680. The van der Waals surface area contributed by atoms with Crippen LogP contribution in [0.5, 0.6) is 0 Å². The lowest BCUT2D eigenvalue weighted by molar-refractivity contribution is 0.122. The molecule has 1 fully saturated rings. The van der Waals surface area contributed by atoms with Gasteiger partial charge >= 0.3 is 0 Å². The van der Waals surface area contributed by atoms with E-state index in [0.29, 0.717) is 5.92 Å². The number of morpholine rings is 1. The van der Waals surface area contributed by atoms with E-state index in [1.807, 2.05) is 0 Å². The summed E-state index contributed by atoms with van der Waals surface area (Å²) in [6, 6.07) is 8.36. The molecule has 1 saturated heterocycles. The number of hydrogen-bond acceptors (Lipinski definition) is 5. The SMILES string of the molecule is CC(C)CCNc1nnc(N2CCOCC2)c2ccccc12. The Morgan fingerprint density at radius 1 is 1.14 bits per heavy atom. The minimum atomic E-state index is 0.680. The van der Waals surface area contributed by atoms with Crippen LogP contribution in [-0.2, 0) is 4.74 Å². The van der Waals surface area contributed by atoms with Crippen molar-refractivity contribution in [2.24, 2.45) is 5.92 Å². The molecule has 1 aliphatic rings. The van der Waals surface area contributed by atoms with Crippen LogP contribution in [0.1, 0.15) is 20.3 Å². The van der Waals surface area contributed by atoms with Crippen molar-refractivity contribution in [2.75, 3.05) is 43.1 Å². The maximum atomic E-state index is 5.43. The molecule has 2 heterocycles. The van der Waals surface area contributed by atoms with E-state index in [2.05, 4.69) is 58.5 Å². The highest BCUT2D eigenvalue weighted by molar-refractivity contribution is 5.98. The smallest absolute Gasteiger partial charge is 0.159 e. The van der Waals surface area contributed by atoms with E-state index in [4.69, 9.17) is 4.74 Å². The summed E-state index contributed by atoms with van der Waals surface area (Å²) in [7, 11) is 0. The van der Waals surface area contributed by atoms with Crippen molar-refractivity contribution in [3.05, 3.63) is 24.3 Å². The lowest BCUT2D eigenvalue weighted by atomic mass is 10.1. The highest BCUT2D eigenvalue weighted by Crippen LogP contribution is 2.28. The highest BCUT2D eigenvalue weighted by atomic mass is 16.5. The van der Waals surface area contributed by atoms with Gasteiger partial charge in [-0.1, -0.05) is 38.1 Å². The van der Waals surface area contributed by atoms with Crippen molar-refractivity contribution >= 4 is 22.4 Å². The zero-order chi connectivity index (χ0) is 15.4. The van der Waals surface area contributed by atoms with Gasteiger partial charge in [0.15, 0.2) is 11.6 Å². The van der Waals surface area contributed by atoms with Crippen LogP contribution in [0.25, 0.3) is 10.8 Å². The first-order valence-electron chi connectivity index (χ1n) is 8.07. The molecule has 0 aliphatic carbocycles. The third-order valence-corrected chi connectivity index (χ3v) is 3.99. The van der Waals surface area contributed by atoms with E-state index in [1.165, 1.54) is 0 Å². The standard InChI is InChI=1S/C17H24N4O/c1-13(2)7-8-18-16-14-5-3-4-6-15(14)17(20-19-16)21-9-11-22-12-10-21/h3-6,13H,7-12H2,1-2H3,(H,18,19). The number of rotatable bonds is 5. The fourth-order valence-electron chi connectivity index (χ4n) is 2.71. The van der Waals surface area contributed by atoms with Gasteiger partial charge in [-0.25, -0.2) is 0 Å². The van der Waals surface area contributed by atoms with Crippen LogP contribution in [-0.4, -0.2) is 43.0 Å². The summed E-state index contributed by atoms with van der Waals surface area (Å²) in [5.41, 5.74) is 0. The molecule has 22 heavy (non-hydrogen) atoms. The molecular formula is C17H24N4O. The summed E-state index contributed by atoms with van der Waals surface area (Å²) in [6.07, 6.45) is 1.13. The van der Waals surface area contributed by atoms with Crippen molar-refractivity contribution in [1.29, 1.82) is 0 Å². The molecule has 0 radical (unpaired) electrons. The number of fused-ring (bicyclic) bond motifs is 1. The monoisotopic (exact) mass is 300 g/mol. The lowest BCUT2D eigenvalue weighted by Gasteiger charge is -2.28. The molecule has 1 aromatic carbocycles. The quantitative estimate of drug-likeness (QED) is 0.920. The summed E-state index contributed by atoms with van der Waals surface area (Å²) in [5, 5.41) is 14.7. The summed E-state index contributed by atoms with van der Waals surface area (Å²) in [6.45, 7) is 8.64. The van der Waals surface area contributed by atoms with Gasteiger partial charge in [0.2, 0.25) is 0 Å². The molecule has 1 aliphatic heterocycles. The molecule has 3 rings (SSSR count). The molecular weight excluding hydrogens is 276 g/mol.